The second-order valence-corrected chi connectivity index (χ2v) is 4.65. The van der Waals surface area contributed by atoms with Crippen molar-refractivity contribution in [2.75, 3.05) is 7.11 Å². The van der Waals surface area contributed by atoms with E-state index in [4.69, 9.17) is 4.74 Å². The van der Waals surface area contributed by atoms with Crippen molar-refractivity contribution in [3.8, 4) is 11.8 Å². The Morgan fingerprint density at radius 2 is 1.95 bits per heavy atom. The molecular formula is C18H15NO2. The lowest BCUT2D eigenvalue weighted by Crippen LogP contribution is -2.02. The van der Waals surface area contributed by atoms with Gasteiger partial charge in [-0.3, -0.25) is 4.79 Å². The van der Waals surface area contributed by atoms with Crippen LogP contribution in [0, 0.1) is 18.3 Å². The molecule has 0 aliphatic rings. The molecule has 104 valence electrons. The summed E-state index contributed by atoms with van der Waals surface area (Å²) in [6.45, 7) is 1.97. The molecule has 0 N–H and O–H groups in total. The number of carbonyl (C=O) groups is 1. The van der Waals surface area contributed by atoms with E-state index in [1.54, 1.807) is 30.3 Å². The first-order chi connectivity index (χ1) is 10.1. The monoisotopic (exact) mass is 277 g/mol. The number of ether oxygens (including phenoxy) is 1. The number of hydrogen-bond acceptors (Lipinski definition) is 3. The van der Waals surface area contributed by atoms with E-state index in [2.05, 4.69) is 0 Å². The fraction of sp³-hybridized carbons (Fsp3) is 0.111. The summed E-state index contributed by atoms with van der Waals surface area (Å²) in [4.78, 5) is 12.4. The minimum Gasteiger partial charge on any atom is -0.497 e. The summed E-state index contributed by atoms with van der Waals surface area (Å²) in [7, 11) is 1.54. The first-order valence-corrected chi connectivity index (χ1v) is 6.51. The Kier molecular flexibility index (Phi) is 4.53. The van der Waals surface area contributed by atoms with Crippen LogP contribution in [0.4, 0.5) is 0 Å². The van der Waals surface area contributed by atoms with Crippen LogP contribution in [0.5, 0.6) is 5.75 Å². The lowest BCUT2D eigenvalue weighted by molar-refractivity contribution is 0.103. The van der Waals surface area contributed by atoms with Crippen LogP contribution in [0.3, 0.4) is 0 Å². The topological polar surface area (TPSA) is 50.1 Å². The highest BCUT2D eigenvalue weighted by molar-refractivity contribution is 6.14. The van der Waals surface area contributed by atoms with Gasteiger partial charge in [-0.25, -0.2) is 0 Å². The van der Waals surface area contributed by atoms with Gasteiger partial charge in [-0.2, -0.15) is 5.26 Å². The normalized spacial score (nSPS) is 10.8. The molecule has 0 unspecified atom stereocenters. The fourth-order valence-corrected chi connectivity index (χ4v) is 1.99. The van der Waals surface area contributed by atoms with Gasteiger partial charge in [-0.1, -0.05) is 42.0 Å². The van der Waals surface area contributed by atoms with Gasteiger partial charge < -0.3 is 4.74 Å². The number of allylic oxidation sites excluding steroid dienone is 1. The molecule has 0 amide bonds. The van der Waals surface area contributed by atoms with Gasteiger partial charge in [0, 0.05) is 5.56 Å². The van der Waals surface area contributed by atoms with Crippen molar-refractivity contribution in [1.82, 2.24) is 0 Å². The molecule has 0 heterocycles. The number of nitriles is 1. The highest BCUT2D eigenvalue weighted by Gasteiger charge is 2.12. The molecule has 2 rings (SSSR count). The number of ketones is 1. The standard InChI is InChI=1S/C18H15NO2/c1-13-5-3-6-14(9-13)10-16(12-19)18(20)15-7-4-8-17(11-15)21-2/h3-11H,1-2H3/b16-10+. The van der Waals surface area contributed by atoms with Crippen LogP contribution in [-0.2, 0) is 0 Å². The number of hydrogen-bond donors (Lipinski definition) is 0. The summed E-state index contributed by atoms with van der Waals surface area (Å²) >= 11 is 0. The van der Waals surface area contributed by atoms with E-state index in [0.29, 0.717) is 11.3 Å². The highest BCUT2D eigenvalue weighted by Crippen LogP contribution is 2.17. The van der Waals surface area contributed by atoms with Gasteiger partial charge in [0.15, 0.2) is 0 Å². The molecule has 3 nitrogen and oxygen atoms in total. The molecule has 0 spiro atoms. The molecule has 0 radical (unpaired) electrons. The van der Waals surface area contributed by atoms with Crippen LogP contribution in [0.2, 0.25) is 0 Å². The van der Waals surface area contributed by atoms with E-state index in [1.807, 2.05) is 37.3 Å². The third-order valence-electron chi connectivity index (χ3n) is 3.05. The van der Waals surface area contributed by atoms with E-state index in [-0.39, 0.29) is 11.4 Å². The number of rotatable bonds is 4. The molecule has 2 aromatic rings. The van der Waals surface area contributed by atoms with Crippen molar-refractivity contribution >= 4 is 11.9 Å². The van der Waals surface area contributed by atoms with Crippen molar-refractivity contribution in [1.29, 1.82) is 5.26 Å². The summed E-state index contributed by atoms with van der Waals surface area (Å²) < 4.78 is 5.10. The Labute approximate surface area is 124 Å². The molecule has 0 bridgehead atoms. The van der Waals surface area contributed by atoms with Crippen molar-refractivity contribution in [2.24, 2.45) is 0 Å². The number of carbonyl (C=O) groups excluding carboxylic acids is 1. The summed E-state index contributed by atoms with van der Waals surface area (Å²) in [6, 6.07) is 16.4. The first kappa shape index (κ1) is 14.5. The predicted molar refractivity (Wildman–Crippen MR) is 82.1 cm³/mol. The van der Waals surface area contributed by atoms with Crippen molar-refractivity contribution < 1.29 is 9.53 Å². The summed E-state index contributed by atoms with van der Waals surface area (Å²) in [5, 5.41) is 9.24. The third-order valence-corrected chi connectivity index (χ3v) is 3.05. The summed E-state index contributed by atoms with van der Waals surface area (Å²) in [5.74, 6) is 0.284. The molecular weight excluding hydrogens is 262 g/mol. The van der Waals surface area contributed by atoms with E-state index >= 15 is 0 Å². The molecule has 0 aliphatic carbocycles. The molecule has 0 aliphatic heterocycles. The van der Waals surface area contributed by atoms with Gasteiger partial charge in [-0.05, 0) is 30.7 Å². The van der Waals surface area contributed by atoms with E-state index < -0.39 is 0 Å². The molecule has 0 saturated heterocycles. The maximum Gasteiger partial charge on any atom is 0.203 e. The molecule has 0 fully saturated rings. The Bertz CT molecular complexity index is 739. The van der Waals surface area contributed by atoms with Crippen LogP contribution < -0.4 is 4.74 Å². The van der Waals surface area contributed by atoms with Crippen LogP contribution >= 0.6 is 0 Å². The highest BCUT2D eigenvalue weighted by atomic mass is 16.5. The first-order valence-electron chi connectivity index (χ1n) is 6.51. The van der Waals surface area contributed by atoms with Crippen LogP contribution in [0.15, 0.2) is 54.1 Å². The summed E-state index contributed by atoms with van der Waals surface area (Å²) in [6.07, 6.45) is 1.61. The zero-order valence-corrected chi connectivity index (χ0v) is 12.0. The quantitative estimate of drug-likeness (QED) is 0.485. The zero-order chi connectivity index (χ0) is 15.2. The van der Waals surface area contributed by atoms with E-state index in [1.165, 1.54) is 7.11 Å². The van der Waals surface area contributed by atoms with Gasteiger partial charge in [0.25, 0.3) is 0 Å². The van der Waals surface area contributed by atoms with Crippen LogP contribution in [0.1, 0.15) is 21.5 Å². The molecule has 0 atom stereocenters. The van der Waals surface area contributed by atoms with Crippen LogP contribution in [0.25, 0.3) is 6.08 Å². The Hall–Kier alpha value is -2.86. The van der Waals surface area contributed by atoms with Gasteiger partial charge in [-0.15, -0.1) is 0 Å². The molecule has 2 aromatic carbocycles. The van der Waals surface area contributed by atoms with Crippen molar-refractivity contribution in [2.45, 2.75) is 6.92 Å². The van der Waals surface area contributed by atoms with Gasteiger partial charge >= 0.3 is 0 Å². The molecule has 0 saturated carbocycles. The smallest absolute Gasteiger partial charge is 0.203 e. The number of aryl methyl sites for hydroxylation is 1. The van der Waals surface area contributed by atoms with Crippen molar-refractivity contribution in [3.63, 3.8) is 0 Å². The fourth-order valence-electron chi connectivity index (χ4n) is 1.99. The van der Waals surface area contributed by atoms with Crippen molar-refractivity contribution in [3.05, 3.63) is 70.8 Å². The van der Waals surface area contributed by atoms with Crippen LogP contribution in [-0.4, -0.2) is 12.9 Å². The number of methoxy groups -OCH3 is 1. The third kappa shape index (κ3) is 3.58. The molecule has 3 heteroatoms. The average Bonchev–Trinajstić information content (AvgIpc) is 2.52. The Morgan fingerprint density at radius 1 is 1.19 bits per heavy atom. The largest absolute Gasteiger partial charge is 0.497 e. The SMILES string of the molecule is COc1cccc(C(=O)/C(C#N)=C/c2cccc(C)c2)c1. The average molecular weight is 277 g/mol. The molecule has 21 heavy (non-hydrogen) atoms. The maximum absolute atomic E-state index is 12.4. The van der Waals surface area contributed by atoms with Gasteiger partial charge in [0.2, 0.25) is 5.78 Å². The molecule has 0 aromatic heterocycles. The maximum atomic E-state index is 12.4. The Balaban J connectivity index is 2.37. The van der Waals surface area contributed by atoms with Gasteiger partial charge in [0.05, 0.1) is 7.11 Å². The lowest BCUT2D eigenvalue weighted by Gasteiger charge is -2.03. The summed E-state index contributed by atoms with van der Waals surface area (Å²) in [5.41, 5.74) is 2.46. The lowest BCUT2D eigenvalue weighted by atomic mass is 10.0. The van der Waals surface area contributed by atoms with E-state index in [9.17, 15) is 10.1 Å². The Morgan fingerprint density at radius 3 is 2.62 bits per heavy atom. The second-order valence-electron chi connectivity index (χ2n) is 4.65. The van der Waals surface area contributed by atoms with Gasteiger partial charge in [0.1, 0.15) is 17.4 Å². The second kappa shape index (κ2) is 6.53. The van der Waals surface area contributed by atoms with E-state index in [0.717, 1.165) is 11.1 Å². The number of nitrogens with zero attached hydrogens (tertiary/aromatic N) is 1. The minimum atomic E-state index is -0.307. The number of Topliss-reactive ketones (excluding diaryl/α,β-unsaturated/α-hetero) is 1. The zero-order valence-electron chi connectivity index (χ0n) is 12.0. The number of benzene rings is 2. The minimum absolute atomic E-state index is 0.105. The predicted octanol–water partition coefficient (Wildman–Crippen LogP) is 3.79.